The van der Waals surface area contributed by atoms with E-state index in [4.69, 9.17) is 0 Å². The van der Waals surface area contributed by atoms with Gasteiger partial charge in [-0.15, -0.1) is 0 Å². The Hall–Kier alpha value is -2.87. The molecule has 7 nitrogen and oxygen atoms in total. The number of rotatable bonds is 10. The molecule has 0 aliphatic rings. The lowest BCUT2D eigenvalue weighted by Gasteiger charge is -2.31. The highest BCUT2D eigenvalue weighted by atomic mass is 32.2. The lowest BCUT2D eigenvalue weighted by atomic mass is 10.1. The van der Waals surface area contributed by atoms with Crippen molar-refractivity contribution in [3.63, 3.8) is 0 Å². The van der Waals surface area contributed by atoms with Crippen molar-refractivity contribution in [2.75, 3.05) is 23.7 Å². The van der Waals surface area contributed by atoms with E-state index in [-0.39, 0.29) is 18.5 Å². The van der Waals surface area contributed by atoms with Crippen LogP contribution in [0.4, 0.5) is 5.69 Å². The van der Waals surface area contributed by atoms with E-state index in [1.54, 1.807) is 31.2 Å². The predicted molar refractivity (Wildman–Crippen MR) is 128 cm³/mol. The molecule has 1 unspecified atom stereocenters. The zero-order valence-corrected chi connectivity index (χ0v) is 20.2. The van der Waals surface area contributed by atoms with Crippen LogP contribution in [-0.2, 0) is 26.0 Å². The molecule has 0 saturated carbocycles. The molecule has 0 radical (unpaired) electrons. The zero-order valence-electron chi connectivity index (χ0n) is 19.4. The molecular weight excluding hydrogens is 426 g/mol. The molecule has 2 aromatic carbocycles. The summed E-state index contributed by atoms with van der Waals surface area (Å²) < 4.78 is 26.0. The summed E-state index contributed by atoms with van der Waals surface area (Å²) in [4.78, 5) is 27.5. The monoisotopic (exact) mass is 459 g/mol. The maximum atomic E-state index is 13.3. The van der Waals surface area contributed by atoms with Crippen molar-refractivity contribution in [2.45, 2.75) is 46.2 Å². The molecule has 2 rings (SSSR count). The molecule has 32 heavy (non-hydrogen) atoms. The number of aryl methyl sites for hydroxylation is 1. The van der Waals surface area contributed by atoms with Gasteiger partial charge in [0.2, 0.25) is 21.8 Å². The Morgan fingerprint density at radius 2 is 1.56 bits per heavy atom. The summed E-state index contributed by atoms with van der Waals surface area (Å²) >= 11 is 0. The summed E-state index contributed by atoms with van der Waals surface area (Å²) in [5, 5.41) is 2.83. The SMILES string of the molecule is Cc1ccc(N(CC(=O)N(CCc2ccccc2)C(C)C(=O)NC(C)C)S(C)(=O)=O)cc1. The van der Waals surface area contributed by atoms with Gasteiger partial charge in [0, 0.05) is 12.6 Å². The molecule has 1 atom stereocenters. The summed E-state index contributed by atoms with van der Waals surface area (Å²) in [5.41, 5.74) is 2.42. The number of carbonyl (C=O) groups excluding carboxylic acids is 2. The maximum absolute atomic E-state index is 13.3. The highest BCUT2D eigenvalue weighted by Gasteiger charge is 2.29. The lowest BCUT2D eigenvalue weighted by Crippen LogP contribution is -2.53. The first-order chi connectivity index (χ1) is 15.0. The van der Waals surface area contributed by atoms with Crippen molar-refractivity contribution in [1.82, 2.24) is 10.2 Å². The van der Waals surface area contributed by atoms with E-state index in [1.807, 2.05) is 51.1 Å². The van der Waals surface area contributed by atoms with Gasteiger partial charge >= 0.3 is 0 Å². The van der Waals surface area contributed by atoms with Crippen molar-refractivity contribution in [3.05, 3.63) is 65.7 Å². The Kier molecular flexibility index (Phi) is 8.83. The van der Waals surface area contributed by atoms with Gasteiger partial charge in [0.1, 0.15) is 12.6 Å². The zero-order chi connectivity index (χ0) is 23.9. The molecule has 0 spiro atoms. The fraction of sp³-hybridized carbons (Fsp3) is 0.417. The van der Waals surface area contributed by atoms with Gasteiger partial charge in [-0.3, -0.25) is 13.9 Å². The third kappa shape index (κ3) is 7.37. The van der Waals surface area contributed by atoms with Crippen LogP contribution in [0.2, 0.25) is 0 Å². The maximum Gasteiger partial charge on any atom is 0.244 e. The number of nitrogens with one attached hydrogen (secondary N) is 1. The van der Waals surface area contributed by atoms with E-state index in [1.165, 1.54) is 4.90 Å². The van der Waals surface area contributed by atoms with Crippen LogP contribution in [0.15, 0.2) is 54.6 Å². The molecule has 2 aromatic rings. The van der Waals surface area contributed by atoms with Crippen LogP contribution in [0.1, 0.15) is 31.9 Å². The average molecular weight is 460 g/mol. The first kappa shape index (κ1) is 25.4. The molecule has 0 fully saturated rings. The van der Waals surface area contributed by atoms with E-state index in [2.05, 4.69) is 5.32 Å². The number of nitrogens with zero attached hydrogens (tertiary/aromatic N) is 2. The van der Waals surface area contributed by atoms with Crippen LogP contribution < -0.4 is 9.62 Å². The highest BCUT2D eigenvalue weighted by Crippen LogP contribution is 2.19. The number of amides is 2. The molecule has 0 bridgehead atoms. The van der Waals surface area contributed by atoms with Crippen LogP contribution in [0.25, 0.3) is 0 Å². The molecule has 0 aliphatic carbocycles. The van der Waals surface area contributed by atoms with Crippen molar-refractivity contribution in [3.8, 4) is 0 Å². The van der Waals surface area contributed by atoms with E-state index in [0.29, 0.717) is 18.7 Å². The molecule has 174 valence electrons. The minimum Gasteiger partial charge on any atom is -0.352 e. The summed E-state index contributed by atoms with van der Waals surface area (Å²) in [6, 6.07) is 15.8. The number of hydrogen-bond donors (Lipinski definition) is 1. The van der Waals surface area contributed by atoms with Crippen LogP contribution >= 0.6 is 0 Å². The second-order valence-corrected chi connectivity index (χ2v) is 10.2. The van der Waals surface area contributed by atoms with Gasteiger partial charge in [-0.05, 0) is 51.8 Å². The Labute approximate surface area is 191 Å². The van der Waals surface area contributed by atoms with E-state index >= 15 is 0 Å². The number of sulfonamides is 1. The van der Waals surface area contributed by atoms with Gasteiger partial charge in [0.15, 0.2) is 0 Å². The van der Waals surface area contributed by atoms with Gasteiger partial charge in [-0.2, -0.15) is 0 Å². The quantitative estimate of drug-likeness (QED) is 0.592. The summed E-state index contributed by atoms with van der Waals surface area (Å²) in [6.45, 7) is 7.18. The van der Waals surface area contributed by atoms with E-state index < -0.39 is 22.0 Å². The van der Waals surface area contributed by atoms with Crippen molar-refractivity contribution in [1.29, 1.82) is 0 Å². The van der Waals surface area contributed by atoms with Crippen LogP contribution in [-0.4, -0.2) is 56.6 Å². The van der Waals surface area contributed by atoms with Crippen molar-refractivity contribution in [2.24, 2.45) is 0 Å². The molecule has 0 saturated heterocycles. The standard InChI is InChI=1S/C24H33N3O4S/c1-18(2)25-24(29)20(4)26(16-15-21-9-7-6-8-10-21)23(28)17-27(32(5,30)31)22-13-11-19(3)12-14-22/h6-14,18,20H,15-17H2,1-5H3,(H,25,29). The minimum absolute atomic E-state index is 0.0731. The Bertz CT molecular complexity index is 1010. The fourth-order valence-electron chi connectivity index (χ4n) is 3.30. The normalized spacial score (nSPS) is 12.3. The van der Waals surface area contributed by atoms with Gasteiger partial charge in [-0.1, -0.05) is 48.0 Å². The Morgan fingerprint density at radius 3 is 2.09 bits per heavy atom. The van der Waals surface area contributed by atoms with Crippen molar-refractivity contribution < 1.29 is 18.0 Å². The van der Waals surface area contributed by atoms with Crippen LogP contribution in [0.3, 0.4) is 0 Å². The van der Waals surface area contributed by atoms with Gasteiger partial charge in [0.05, 0.1) is 11.9 Å². The third-order valence-corrected chi connectivity index (χ3v) is 6.22. The molecule has 2 amide bonds. The highest BCUT2D eigenvalue weighted by molar-refractivity contribution is 7.92. The fourth-order valence-corrected chi connectivity index (χ4v) is 4.15. The first-order valence-electron chi connectivity index (χ1n) is 10.7. The molecule has 8 heteroatoms. The number of anilines is 1. The molecule has 0 heterocycles. The first-order valence-corrected chi connectivity index (χ1v) is 12.5. The largest absolute Gasteiger partial charge is 0.352 e. The van der Waals surface area contributed by atoms with Gasteiger partial charge < -0.3 is 10.2 Å². The predicted octanol–water partition coefficient (Wildman–Crippen LogP) is 2.75. The summed E-state index contributed by atoms with van der Waals surface area (Å²) in [5.74, 6) is -0.707. The van der Waals surface area contributed by atoms with Gasteiger partial charge in [0.25, 0.3) is 0 Å². The lowest BCUT2D eigenvalue weighted by molar-refractivity contribution is -0.139. The Morgan fingerprint density at radius 1 is 0.969 bits per heavy atom. The van der Waals surface area contributed by atoms with E-state index in [0.717, 1.165) is 21.7 Å². The topological polar surface area (TPSA) is 86.8 Å². The average Bonchev–Trinajstić information content (AvgIpc) is 2.72. The van der Waals surface area contributed by atoms with E-state index in [9.17, 15) is 18.0 Å². The Balaban J connectivity index is 2.29. The molecular formula is C24H33N3O4S. The van der Waals surface area contributed by atoms with Crippen LogP contribution in [0, 0.1) is 6.92 Å². The second kappa shape index (κ2) is 11.1. The number of benzene rings is 2. The minimum atomic E-state index is -3.71. The third-order valence-electron chi connectivity index (χ3n) is 5.08. The van der Waals surface area contributed by atoms with Gasteiger partial charge in [-0.25, -0.2) is 8.42 Å². The summed E-state index contributed by atoms with van der Waals surface area (Å²) in [6.07, 6.45) is 1.62. The molecule has 0 aliphatic heterocycles. The second-order valence-electron chi connectivity index (χ2n) is 8.27. The van der Waals surface area contributed by atoms with Crippen LogP contribution in [0.5, 0.6) is 0 Å². The summed E-state index contributed by atoms with van der Waals surface area (Å²) in [7, 11) is -3.71. The van der Waals surface area contributed by atoms with Crippen molar-refractivity contribution >= 4 is 27.5 Å². The number of carbonyl (C=O) groups is 2. The molecule has 0 aromatic heterocycles. The number of hydrogen-bond acceptors (Lipinski definition) is 4. The molecule has 1 N–H and O–H groups in total. The smallest absolute Gasteiger partial charge is 0.244 e.